The lowest BCUT2D eigenvalue weighted by Gasteiger charge is -2.09. The van der Waals surface area contributed by atoms with Crippen molar-refractivity contribution >= 4 is 27.7 Å². The van der Waals surface area contributed by atoms with Crippen molar-refractivity contribution in [2.45, 2.75) is 6.42 Å². The van der Waals surface area contributed by atoms with Crippen molar-refractivity contribution in [3.63, 3.8) is 0 Å². The third-order valence-corrected chi connectivity index (χ3v) is 6.01. The van der Waals surface area contributed by atoms with Crippen molar-refractivity contribution in [2.24, 2.45) is 0 Å². The van der Waals surface area contributed by atoms with Gasteiger partial charge in [0.15, 0.2) is 11.5 Å². The zero-order valence-corrected chi connectivity index (χ0v) is 18.1. The van der Waals surface area contributed by atoms with Gasteiger partial charge >= 0.3 is 0 Å². The fraction of sp³-hybridized carbons (Fsp3) is 0.111. The molecule has 0 saturated heterocycles. The Morgan fingerprint density at radius 2 is 1.79 bits per heavy atom. The number of carbonyl (C=O) groups is 1. The number of fused-ring (bicyclic) bond motifs is 4. The zero-order chi connectivity index (χ0) is 23.1. The molecule has 168 valence electrons. The Labute approximate surface area is 194 Å². The van der Waals surface area contributed by atoms with E-state index in [0.717, 1.165) is 27.4 Å². The van der Waals surface area contributed by atoms with Crippen molar-refractivity contribution in [3.8, 4) is 22.8 Å². The molecule has 0 bridgehead atoms. The van der Waals surface area contributed by atoms with E-state index >= 15 is 0 Å². The van der Waals surface area contributed by atoms with Crippen LogP contribution < -0.4 is 14.8 Å². The van der Waals surface area contributed by atoms with Crippen molar-refractivity contribution in [3.05, 3.63) is 89.9 Å². The number of nitrogens with zero attached hydrogens (tertiary/aromatic N) is 1. The predicted octanol–water partition coefficient (Wildman–Crippen LogP) is 5.22. The van der Waals surface area contributed by atoms with Crippen molar-refractivity contribution < 1.29 is 18.7 Å². The van der Waals surface area contributed by atoms with Gasteiger partial charge in [-0.25, -0.2) is 9.37 Å². The molecule has 0 fully saturated rings. The standard InChI is InChI=1S/C27H20FN3O3/c28-20-7-3-1-5-16(20)11-12-29-27(32)22-14-19-18-6-2-4-8-21(18)30-26(19)25(31-22)17-9-10-23-24(13-17)34-15-33-23/h1-10,13-14,30H,11-12,15H2,(H,29,32). The Morgan fingerprint density at radius 3 is 2.71 bits per heavy atom. The summed E-state index contributed by atoms with van der Waals surface area (Å²) in [7, 11) is 0. The van der Waals surface area contributed by atoms with E-state index < -0.39 is 0 Å². The first-order chi connectivity index (χ1) is 16.7. The fourth-order valence-corrected chi connectivity index (χ4v) is 4.32. The van der Waals surface area contributed by atoms with Gasteiger partial charge in [-0.05, 0) is 48.4 Å². The average Bonchev–Trinajstić information content (AvgIpc) is 3.48. The SMILES string of the molecule is O=C(NCCc1ccccc1F)c1cc2c([nH]c3ccccc32)c(-c2ccc3c(c2)OCO3)n1. The van der Waals surface area contributed by atoms with Crippen LogP contribution in [0.15, 0.2) is 72.8 Å². The maximum absolute atomic E-state index is 13.9. The monoisotopic (exact) mass is 453 g/mol. The van der Waals surface area contributed by atoms with Gasteiger partial charge in [-0.3, -0.25) is 4.79 Å². The largest absolute Gasteiger partial charge is 0.454 e. The van der Waals surface area contributed by atoms with E-state index in [1.165, 1.54) is 6.07 Å². The molecule has 3 heterocycles. The van der Waals surface area contributed by atoms with Gasteiger partial charge in [0.2, 0.25) is 6.79 Å². The van der Waals surface area contributed by atoms with Crippen LogP contribution in [0.3, 0.4) is 0 Å². The molecule has 2 aromatic heterocycles. The van der Waals surface area contributed by atoms with Crippen molar-refractivity contribution in [1.29, 1.82) is 0 Å². The van der Waals surface area contributed by atoms with Crippen LogP contribution in [-0.2, 0) is 6.42 Å². The van der Waals surface area contributed by atoms with Gasteiger partial charge in [0.05, 0.1) is 11.2 Å². The van der Waals surface area contributed by atoms with E-state index in [0.29, 0.717) is 41.4 Å². The summed E-state index contributed by atoms with van der Waals surface area (Å²) in [6.45, 7) is 0.477. The molecule has 0 spiro atoms. The number of hydrogen-bond acceptors (Lipinski definition) is 4. The highest BCUT2D eigenvalue weighted by Gasteiger charge is 2.20. The van der Waals surface area contributed by atoms with Gasteiger partial charge in [0.1, 0.15) is 11.5 Å². The molecule has 34 heavy (non-hydrogen) atoms. The number of aromatic nitrogens is 2. The van der Waals surface area contributed by atoms with Crippen molar-refractivity contribution in [2.75, 3.05) is 13.3 Å². The summed E-state index contributed by atoms with van der Waals surface area (Å²) < 4.78 is 24.9. The predicted molar refractivity (Wildman–Crippen MR) is 128 cm³/mol. The van der Waals surface area contributed by atoms with Crippen LogP contribution in [-0.4, -0.2) is 29.2 Å². The molecule has 1 amide bonds. The number of aromatic amines is 1. The number of H-pyrrole nitrogens is 1. The smallest absolute Gasteiger partial charge is 0.269 e. The number of hydrogen-bond donors (Lipinski definition) is 2. The summed E-state index contributed by atoms with van der Waals surface area (Å²) in [5, 5.41) is 4.78. The highest BCUT2D eigenvalue weighted by atomic mass is 19.1. The molecule has 2 N–H and O–H groups in total. The molecule has 0 radical (unpaired) electrons. The van der Waals surface area contributed by atoms with Gasteiger partial charge in [-0.2, -0.15) is 0 Å². The maximum Gasteiger partial charge on any atom is 0.269 e. The van der Waals surface area contributed by atoms with E-state index in [-0.39, 0.29) is 18.5 Å². The summed E-state index contributed by atoms with van der Waals surface area (Å²) in [4.78, 5) is 21.2. The second-order valence-corrected chi connectivity index (χ2v) is 8.11. The summed E-state index contributed by atoms with van der Waals surface area (Å²) in [5.41, 5.74) is 4.09. The van der Waals surface area contributed by atoms with Gasteiger partial charge in [0.25, 0.3) is 5.91 Å². The summed E-state index contributed by atoms with van der Waals surface area (Å²) >= 11 is 0. The lowest BCUT2D eigenvalue weighted by atomic mass is 10.1. The number of benzene rings is 3. The molecule has 1 aliphatic heterocycles. The molecule has 3 aromatic carbocycles. The van der Waals surface area contributed by atoms with Crippen LogP contribution in [0.5, 0.6) is 11.5 Å². The van der Waals surface area contributed by atoms with Gasteiger partial charge in [0, 0.05) is 28.4 Å². The molecule has 6 nitrogen and oxygen atoms in total. The molecule has 0 atom stereocenters. The first-order valence-electron chi connectivity index (χ1n) is 11.0. The highest BCUT2D eigenvalue weighted by molar-refractivity contribution is 6.13. The lowest BCUT2D eigenvalue weighted by molar-refractivity contribution is 0.0949. The molecule has 0 saturated carbocycles. The normalized spacial score (nSPS) is 12.4. The number of rotatable bonds is 5. The second-order valence-electron chi connectivity index (χ2n) is 8.11. The van der Waals surface area contributed by atoms with Crippen LogP contribution >= 0.6 is 0 Å². The third-order valence-electron chi connectivity index (χ3n) is 6.01. The molecule has 0 unspecified atom stereocenters. The zero-order valence-electron chi connectivity index (χ0n) is 18.1. The first kappa shape index (κ1) is 20.2. The minimum absolute atomic E-state index is 0.179. The van der Waals surface area contributed by atoms with Crippen LogP contribution in [0.2, 0.25) is 0 Å². The Balaban J connectivity index is 1.39. The Morgan fingerprint density at radius 1 is 0.971 bits per heavy atom. The number of nitrogens with one attached hydrogen (secondary N) is 2. The van der Waals surface area contributed by atoms with Gasteiger partial charge in [-0.15, -0.1) is 0 Å². The van der Waals surface area contributed by atoms with E-state index in [1.54, 1.807) is 24.3 Å². The molecule has 1 aliphatic rings. The first-order valence-corrected chi connectivity index (χ1v) is 11.0. The number of amides is 1. The van der Waals surface area contributed by atoms with E-state index in [4.69, 9.17) is 14.5 Å². The van der Waals surface area contributed by atoms with Crippen LogP contribution in [0.25, 0.3) is 33.1 Å². The quantitative estimate of drug-likeness (QED) is 0.382. The molecular weight excluding hydrogens is 433 g/mol. The van der Waals surface area contributed by atoms with E-state index in [1.807, 2.05) is 42.5 Å². The number of pyridine rings is 1. The molecule has 6 rings (SSSR count). The summed E-state index contributed by atoms with van der Waals surface area (Å²) in [6.07, 6.45) is 0.392. The van der Waals surface area contributed by atoms with Gasteiger partial charge in [-0.1, -0.05) is 36.4 Å². The molecular formula is C27H20FN3O3. The van der Waals surface area contributed by atoms with Crippen molar-refractivity contribution in [1.82, 2.24) is 15.3 Å². The minimum Gasteiger partial charge on any atom is -0.454 e. The number of ether oxygens (including phenoxy) is 2. The fourth-order valence-electron chi connectivity index (χ4n) is 4.32. The lowest BCUT2D eigenvalue weighted by Crippen LogP contribution is -2.26. The number of carbonyl (C=O) groups excluding carboxylic acids is 1. The Bertz CT molecular complexity index is 1560. The topological polar surface area (TPSA) is 76.2 Å². The van der Waals surface area contributed by atoms with Crippen LogP contribution in [0.1, 0.15) is 16.1 Å². The summed E-state index contributed by atoms with van der Waals surface area (Å²) in [5.74, 6) is 0.729. The van der Waals surface area contributed by atoms with Crippen LogP contribution in [0.4, 0.5) is 4.39 Å². The number of halogens is 1. The third kappa shape index (κ3) is 3.51. The van der Waals surface area contributed by atoms with E-state index in [2.05, 4.69) is 10.3 Å². The molecule has 5 aromatic rings. The minimum atomic E-state index is -0.314. The highest BCUT2D eigenvalue weighted by Crippen LogP contribution is 2.38. The Hall–Kier alpha value is -4.39. The second kappa shape index (κ2) is 8.19. The average molecular weight is 453 g/mol. The summed E-state index contributed by atoms with van der Waals surface area (Å²) in [6, 6.07) is 21.9. The molecule has 7 heteroatoms. The number of para-hydroxylation sites is 1. The maximum atomic E-state index is 13.9. The van der Waals surface area contributed by atoms with E-state index in [9.17, 15) is 9.18 Å². The Kier molecular flexibility index (Phi) is 4.87. The molecule has 0 aliphatic carbocycles. The van der Waals surface area contributed by atoms with Gasteiger partial charge < -0.3 is 19.8 Å². The van der Waals surface area contributed by atoms with Crippen LogP contribution in [0, 0.1) is 5.82 Å².